The average molecular weight is 443 g/mol. The smallest absolute Gasteiger partial charge is 0.224 e. The summed E-state index contributed by atoms with van der Waals surface area (Å²) in [7, 11) is 0. The minimum absolute atomic E-state index is 0.0186. The summed E-state index contributed by atoms with van der Waals surface area (Å²) >= 11 is 6.08. The molecule has 0 unspecified atom stereocenters. The fraction of sp³-hybridized carbons (Fsp3) is 0.524. The van der Waals surface area contributed by atoms with Gasteiger partial charge in [-0.1, -0.05) is 24.4 Å². The topological polar surface area (TPSA) is 141 Å². The normalized spacial score (nSPS) is 20.1. The number of Topliss-reactive ketones (excluding diaryl/α,β-unsaturated/α-hetero) is 1. The van der Waals surface area contributed by atoms with Crippen LogP contribution in [0.25, 0.3) is 11.0 Å². The Morgan fingerprint density at radius 1 is 1.29 bits per heavy atom. The number of pyridine rings is 1. The molecule has 0 aromatic carbocycles. The molecule has 3 N–H and O–H groups in total. The van der Waals surface area contributed by atoms with Crippen LogP contribution in [0.5, 0.6) is 0 Å². The number of fused-ring (bicyclic) bond motifs is 1. The van der Waals surface area contributed by atoms with Crippen molar-refractivity contribution in [3.63, 3.8) is 0 Å². The number of hydrogen-bond acceptors (Lipinski definition) is 6. The SMILES string of the molecule is N#C[C@H](C[C@@H]1CCNC1=O)NC(=O)[C@@H](CC(=O)c1nc2c(Cl)cncc2[nH]1)CC1CC1. The molecule has 2 amide bonds. The molecule has 3 heterocycles. The molecule has 0 spiro atoms. The van der Waals surface area contributed by atoms with E-state index in [9.17, 15) is 19.6 Å². The Morgan fingerprint density at radius 2 is 2.10 bits per heavy atom. The third-order valence-corrected chi connectivity index (χ3v) is 6.16. The molecule has 31 heavy (non-hydrogen) atoms. The molecule has 2 aromatic rings. The zero-order valence-electron chi connectivity index (χ0n) is 16.9. The molecule has 0 radical (unpaired) electrons. The first-order valence-corrected chi connectivity index (χ1v) is 10.8. The molecule has 2 aliphatic rings. The van der Waals surface area contributed by atoms with Gasteiger partial charge in [-0.25, -0.2) is 4.98 Å². The number of ketones is 1. The number of rotatable bonds is 9. The third kappa shape index (κ3) is 5.02. The lowest BCUT2D eigenvalue weighted by molar-refractivity contribution is -0.127. The highest BCUT2D eigenvalue weighted by Crippen LogP contribution is 2.36. The molecule has 2 fully saturated rings. The Hall–Kier alpha value is -2.99. The zero-order chi connectivity index (χ0) is 22.0. The lowest BCUT2D eigenvalue weighted by Gasteiger charge is -2.19. The first-order chi connectivity index (χ1) is 14.9. The molecule has 1 aliphatic heterocycles. The van der Waals surface area contributed by atoms with Crippen LogP contribution in [0.3, 0.4) is 0 Å². The Bertz CT molecular complexity index is 1060. The van der Waals surface area contributed by atoms with E-state index in [0.29, 0.717) is 41.4 Å². The fourth-order valence-corrected chi connectivity index (χ4v) is 4.18. The second-order valence-electron chi connectivity index (χ2n) is 8.31. The first-order valence-electron chi connectivity index (χ1n) is 10.4. The molecule has 3 atom stereocenters. The van der Waals surface area contributed by atoms with Gasteiger partial charge in [-0.3, -0.25) is 19.4 Å². The Kier molecular flexibility index (Phi) is 6.18. The van der Waals surface area contributed by atoms with E-state index >= 15 is 0 Å². The number of aromatic nitrogens is 3. The van der Waals surface area contributed by atoms with Crippen LogP contribution in [0.4, 0.5) is 0 Å². The average Bonchev–Trinajstić information content (AvgIpc) is 3.30. The monoisotopic (exact) mass is 442 g/mol. The Balaban J connectivity index is 1.43. The van der Waals surface area contributed by atoms with Gasteiger partial charge in [0.25, 0.3) is 0 Å². The second kappa shape index (κ2) is 9.02. The van der Waals surface area contributed by atoms with E-state index in [4.69, 9.17) is 11.6 Å². The minimum atomic E-state index is -0.769. The molecule has 1 saturated carbocycles. The number of amides is 2. The van der Waals surface area contributed by atoms with Gasteiger partial charge in [0.05, 0.1) is 22.8 Å². The summed E-state index contributed by atoms with van der Waals surface area (Å²) in [5, 5.41) is 15.3. The number of nitrogens with one attached hydrogen (secondary N) is 3. The predicted molar refractivity (Wildman–Crippen MR) is 112 cm³/mol. The second-order valence-corrected chi connectivity index (χ2v) is 8.72. The van der Waals surface area contributed by atoms with Crippen molar-refractivity contribution in [2.75, 3.05) is 6.54 Å². The first kappa shape index (κ1) is 21.2. The van der Waals surface area contributed by atoms with E-state index in [0.717, 1.165) is 12.8 Å². The Morgan fingerprint density at radius 3 is 2.74 bits per heavy atom. The lowest BCUT2D eigenvalue weighted by Crippen LogP contribution is -2.40. The van der Waals surface area contributed by atoms with Gasteiger partial charge in [-0.2, -0.15) is 5.26 Å². The number of hydrogen-bond donors (Lipinski definition) is 3. The van der Waals surface area contributed by atoms with Crippen molar-refractivity contribution in [3.05, 3.63) is 23.2 Å². The summed E-state index contributed by atoms with van der Waals surface area (Å²) in [5.41, 5.74) is 1.01. The molecule has 4 rings (SSSR count). The van der Waals surface area contributed by atoms with Crippen molar-refractivity contribution in [1.29, 1.82) is 5.26 Å². The summed E-state index contributed by atoms with van der Waals surface area (Å²) in [4.78, 5) is 48.8. The number of nitriles is 1. The van der Waals surface area contributed by atoms with Crippen LogP contribution in [-0.4, -0.2) is 45.1 Å². The summed E-state index contributed by atoms with van der Waals surface area (Å²) in [6.45, 7) is 0.589. The molecule has 2 aromatic heterocycles. The van der Waals surface area contributed by atoms with E-state index < -0.39 is 12.0 Å². The number of carbonyl (C=O) groups excluding carboxylic acids is 3. The number of H-pyrrole nitrogens is 1. The van der Waals surface area contributed by atoms with Crippen LogP contribution >= 0.6 is 11.6 Å². The van der Waals surface area contributed by atoms with Crippen LogP contribution in [0, 0.1) is 29.1 Å². The van der Waals surface area contributed by atoms with Gasteiger partial charge < -0.3 is 15.6 Å². The van der Waals surface area contributed by atoms with Crippen molar-refractivity contribution in [2.45, 2.75) is 44.6 Å². The maximum Gasteiger partial charge on any atom is 0.224 e. The van der Waals surface area contributed by atoms with Gasteiger partial charge in [0.15, 0.2) is 11.6 Å². The van der Waals surface area contributed by atoms with Crippen LogP contribution in [0.15, 0.2) is 12.4 Å². The maximum atomic E-state index is 12.9. The van der Waals surface area contributed by atoms with E-state index in [-0.39, 0.29) is 42.2 Å². The van der Waals surface area contributed by atoms with Crippen LogP contribution in [-0.2, 0) is 9.59 Å². The molecule has 10 heteroatoms. The summed E-state index contributed by atoms with van der Waals surface area (Å²) in [6, 6.07) is 1.31. The van der Waals surface area contributed by atoms with Crippen molar-refractivity contribution < 1.29 is 14.4 Å². The van der Waals surface area contributed by atoms with Gasteiger partial charge in [0.2, 0.25) is 11.8 Å². The highest BCUT2D eigenvalue weighted by Gasteiger charge is 2.34. The third-order valence-electron chi connectivity index (χ3n) is 5.89. The predicted octanol–water partition coefficient (Wildman–Crippen LogP) is 2.13. The van der Waals surface area contributed by atoms with Gasteiger partial charge >= 0.3 is 0 Å². The minimum Gasteiger partial charge on any atom is -0.356 e. The van der Waals surface area contributed by atoms with Gasteiger partial charge in [-0.15, -0.1) is 0 Å². The quantitative estimate of drug-likeness (QED) is 0.508. The van der Waals surface area contributed by atoms with E-state index in [1.54, 1.807) is 0 Å². The molecule has 1 saturated heterocycles. The van der Waals surface area contributed by atoms with Crippen LogP contribution < -0.4 is 10.6 Å². The van der Waals surface area contributed by atoms with Gasteiger partial charge in [0, 0.05) is 31.0 Å². The summed E-state index contributed by atoms with van der Waals surface area (Å²) < 4.78 is 0. The van der Waals surface area contributed by atoms with Crippen molar-refractivity contribution >= 4 is 40.2 Å². The molecule has 0 bridgehead atoms. The highest BCUT2D eigenvalue weighted by atomic mass is 35.5. The number of halogens is 1. The molecular weight excluding hydrogens is 420 g/mol. The number of aromatic amines is 1. The van der Waals surface area contributed by atoms with Crippen LogP contribution in [0.2, 0.25) is 5.02 Å². The van der Waals surface area contributed by atoms with Crippen molar-refractivity contribution in [2.24, 2.45) is 17.8 Å². The molecule has 1 aliphatic carbocycles. The summed E-state index contributed by atoms with van der Waals surface area (Å²) in [5.74, 6) is -0.996. The molecular formula is C21H23ClN6O3. The number of carbonyl (C=O) groups is 3. The Labute approximate surface area is 184 Å². The standard InChI is InChI=1S/C21H23ClN6O3/c22-15-9-24-10-16-18(15)28-19(27-16)17(29)7-13(5-11-1-2-11)21(31)26-14(8-23)6-12-3-4-25-20(12)30/h9-14H,1-7H2,(H,25,30)(H,26,31)(H,27,28)/t12-,13+,14-/m0/s1. The molecule has 9 nitrogen and oxygen atoms in total. The highest BCUT2D eigenvalue weighted by molar-refractivity contribution is 6.34. The fourth-order valence-electron chi connectivity index (χ4n) is 3.98. The van der Waals surface area contributed by atoms with Crippen LogP contribution in [0.1, 0.15) is 49.1 Å². The summed E-state index contributed by atoms with van der Waals surface area (Å²) in [6.07, 6.45) is 6.55. The van der Waals surface area contributed by atoms with E-state index in [1.807, 2.05) is 0 Å². The number of imidazole rings is 1. The van der Waals surface area contributed by atoms with Crippen molar-refractivity contribution in [1.82, 2.24) is 25.6 Å². The van der Waals surface area contributed by atoms with E-state index in [2.05, 4.69) is 31.7 Å². The van der Waals surface area contributed by atoms with Crippen molar-refractivity contribution in [3.8, 4) is 6.07 Å². The number of nitrogens with zero attached hydrogens (tertiary/aromatic N) is 3. The zero-order valence-corrected chi connectivity index (χ0v) is 17.6. The molecule has 162 valence electrons. The lowest BCUT2D eigenvalue weighted by atomic mass is 9.93. The van der Waals surface area contributed by atoms with E-state index in [1.165, 1.54) is 12.4 Å². The van der Waals surface area contributed by atoms with Gasteiger partial charge in [0.1, 0.15) is 11.6 Å². The largest absolute Gasteiger partial charge is 0.356 e. The van der Waals surface area contributed by atoms with Gasteiger partial charge in [-0.05, 0) is 25.2 Å². The maximum absolute atomic E-state index is 12.9.